The quantitative estimate of drug-likeness (QED) is 0.179. The molecule has 0 aliphatic heterocycles. The largest absolute Gasteiger partial charge is 0.493 e. The van der Waals surface area contributed by atoms with Crippen LogP contribution in [-0.4, -0.2) is 38.7 Å². The van der Waals surface area contributed by atoms with Crippen molar-refractivity contribution in [2.75, 3.05) is 26.9 Å². The number of benzene rings is 1. The highest BCUT2D eigenvalue weighted by molar-refractivity contribution is 5.77. The average molecular weight is 465 g/mol. The Morgan fingerprint density at radius 3 is 2.39 bits per heavy atom. The molecule has 0 aliphatic carbocycles. The number of amides is 2. The standard InChI is InChI=1S/C21H33N3O4.C4H11N/c1-16(2)8-6-4-5-7-9-20(25)23-14-17-10-11-18(19(12-17)27-3)28-15-24-21(26)13-22;1-2-3-4-5/h6,8,10-12,16H,4-5,7,9,13-15,22H2,1-3H3,(H,23,25)(H,24,26);2-5H2,1H3/b8-6+;. The first kappa shape index (κ1) is 30.4. The average Bonchev–Trinajstić information content (AvgIpc) is 2.81. The van der Waals surface area contributed by atoms with Gasteiger partial charge in [0.2, 0.25) is 11.8 Å². The van der Waals surface area contributed by atoms with Crippen LogP contribution in [0.2, 0.25) is 0 Å². The summed E-state index contributed by atoms with van der Waals surface area (Å²) in [6.45, 7) is 7.62. The van der Waals surface area contributed by atoms with Gasteiger partial charge in [0.1, 0.15) is 0 Å². The van der Waals surface area contributed by atoms with Crippen molar-refractivity contribution < 1.29 is 19.1 Å². The fraction of sp³-hybridized carbons (Fsp3) is 0.600. The monoisotopic (exact) mass is 464 g/mol. The van der Waals surface area contributed by atoms with Crippen LogP contribution in [0.1, 0.15) is 64.9 Å². The number of unbranched alkanes of at least 4 members (excludes halogenated alkanes) is 3. The summed E-state index contributed by atoms with van der Waals surface area (Å²) in [6.07, 6.45) is 10.2. The van der Waals surface area contributed by atoms with Gasteiger partial charge in [-0.3, -0.25) is 9.59 Å². The molecule has 0 heterocycles. The van der Waals surface area contributed by atoms with Crippen molar-refractivity contribution >= 4 is 11.8 Å². The van der Waals surface area contributed by atoms with E-state index in [4.69, 9.17) is 20.9 Å². The fourth-order valence-corrected chi connectivity index (χ4v) is 2.62. The van der Waals surface area contributed by atoms with Crippen molar-refractivity contribution in [3.8, 4) is 11.5 Å². The van der Waals surface area contributed by atoms with Crippen molar-refractivity contribution in [1.82, 2.24) is 10.6 Å². The second-order valence-electron chi connectivity index (χ2n) is 7.91. The molecular formula is C25H44N4O4. The van der Waals surface area contributed by atoms with Crippen LogP contribution in [0.3, 0.4) is 0 Å². The van der Waals surface area contributed by atoms with E-state index in [1.165, 1.54) is 20.0 Å². The molecule has 1 rings (SSSR count). The number of carbonyl (C=O) groups excluding carboxylic acids is 2. The SMILES string of the molecule is CCCCN.COc1cc(CNC(=O)CCCC/C=C/C(C)C)ccc1OCNC(=O)CN. The van der Waals surface area contributed by atoms with Gasteiger partial charge < -0.3 is 31.6 Å². The van der Waals surface area contributed by atoms with Crippen LogP contribution in [-0.2, 0) is 16.1 Å². The zero-order chi connectivity index (χ0) is 24.9. The Balaban J connectivity index is 0.00000184. The molecule has 0 aliphatic rings. The maximum Gasteiger partial charge on any atom is 0.236 e. The highest BCUT2D eigenvalue weighted by Gasteiger charge is 2.08. The van der Waals surface area contributed by atoms with Crippen molar-refractivity contribution in [3.63, 3.8) is 0 Å². The minimum atomic E-state index is -0.297. The third kappa shape index (κ3) is 16.7. The molecule has 188 valence electrons. The summed E-state index contributed by atoms with van der Waals surface area (Å²) in [7, 11) is 1.54. The summed E-state index contributed by atoms with van der Waals surface area (Å²) < 4.78 is 10.8. The van der Waals surface area contributed by atoms with E-state index in [-0.39, 0.29) is 25.1 Å². The smallest absolute Gasteiger partial charge is 0.236 e. The van der Waals surface area contributed by atoms with Gasteiger partial charge in [0.05, 0.1) is 13.7 Å². The number of carbonyl (C=O) groups is 2. The van der Waals surface area contributed by atoms with Crippen molar-refractivity contribution in [2.24, 2.45) is 17.4 Å². The summed E-state index contributed by atoms with van der Waals surface area (Å²) in [5, 5.41) is 5.44. The fourth-order valence-electron chi connectivity index (χ4n) is 2.62. The summed E-state index contributed by atoms with van der Waals surface area (Å²) in [4.78, 5) is 23.1. The zero-order valence-electron chi connectivity index (χ0n) is 20.8. The normalized spacial score (nSPS) is 10.5. The molecule has 0 aromatic heterocycles. The van der Waals surface area contributed by atoms with E-state index in [2.05, 4.69) is 43.6 Å². The lowest BCUT2D eigenvalue weighted by molar-refractivity contribution is -0.121. The molecule has 0 saturated heterocycles. The third-order valence-electron chi connectivity index (χ3n) is 4.50. The zero-order valence-corrected chi connectivity index (χ0v) is 20.8. The van der Waals surface area contributed by atoms with Gasteiger partial charge >= 0.3 is 0 Å². The number of allylic oxidation sites excluding steroid dienone is 2. The molecule has 0 fully saturated rings. The van der Waals surface area contributed by atoms with Gasteiger partial charge in [0, 0.05) is 13.0 Å². The molecule has 8 nitrogen and oxygen atoms in total. The van der Waals surface area contributed by atoms with Crippen LogP contribution in [0.15, 0.2) is 30.4 Å². The molecule has 2 amide bonds. The number of hydrogen-bond donors (Lipinski definition) is 4. The Morgan fingerprint density at radius 2 is 1.82 bits per heavy atom. The molecule has 1 aromatic carbocycles. The van der Waals surface area contributed by atoms with Gasteiger partial charge in [-0.05, 0) is 55.8 Å². The minimum Gasteiger partial charge on any atom is -0.493 e. The molecule has 33 heavy (non-hydrogen) atoms. The highest BCUT2D eigenvalue weighted by atomic mass is 16.5. The van der Waals surface area contributed by atoms with Gasteiger partial charge in [-0.25, -0.2) is 0 Å². The maximum atomic E-state index is 12.0. The maximum absolute atomic E-state index is 12.0. The second kappa shape index (κ2) is 20.1. The number of nitrogens with two attached hydrogens (primary N) is 2. The Morgan fingerprint density at radius 1 is 1.06 bits per heavy atom. The van der Waals surface area contributed by atoms with Gasteiger partial charge in [-0.2, -0.15) is 0 Å². The molecule has 1 aromatic rings. The van der Waals surface area contributed by atoms with Crippen LogP contribution in [0.25, 0.3) is 0 Å². The Hall–Kier alpha value is -2.58. The molecule has 6 N–H and O–H groups in total. The third-order valence-corrected chi connectivity index (χ3v) is 4.50. The Kier molecular flexibility index (Phi) is 18.5. The number of hydrogen-bond acceptors (Lipinski definition) is 6. The van der Waals surface area contributed by atoms with E-state index in [0.717, 1.165) is 31.4 Å². The van der Waals surface area contributed by atoms with Crippen LogP contribution in [0, 0.1) is 5.92 Å². The molecular weight excluding hydrogens is 420 g/mol. The minimum absolute atomic E-state index is 0.00876. The molecule has 8 heteroatoms. The Bertz CT molecular complexity index is 691. The molecule has 0 saturated carbocycles. The first-order chi connectivity index (χ1) is 15.9. The molecule has 0 atom stereocenters. The second-order valence-corrected chi connectivity index (χ2v) is 7.91. The molecule has 0 spiro atoms. The summed E-state index contributed by atoms with van der Waals surface area (Å²) >= 11 is 0. The van der Waals surface area contributed by atoms with Crippen molar-refractivity contribution in [1.29, 1.82) is 0 Å². The lowest BCUT2D eigenvalue weighted by atomic mass is 10.1. The van der Waals surface area contributed by atoms with E-state index in [1.54, 1.807) is 12.1 Å². The van der Waals surface area contributed by atoms with Gasteiger partial charge in [0.25, 0.3) is 0 Å². The van der Waals surface area contributed by atoms with E-state index in [0.29, 0.717) is 30.4 Å². The van der Waals surface area contributed by atoms with E-state index in [1.807, 2.05) is 6.07 Å². The van der Waals surface area contributed by atoms with E-state index in [9.17, 15) is 9.59 Å². The van der Waals surface area contributed by atoms with Gasteiger partial charge in [-0.15, -0.1) is 0 Å². The van der Waals surface area contributed by atoms with Crippen LogP contribution in [0.5, 0.6) is 11.5 Å². The number of ether oxygens (including phenoxy) is 2. The van der Waals surface area contributed by atoms with Crippen LogP contribution < -0.4 is 31.6 Å². The van der Waals surface area contributed by atoms with Crippen LogP contribution in [0.4, 0.5) is 0 Å². The summed E-state index contributed by atoms with van der Waals surface area (Å²) in [5.41, 5.74) is 11.3. The van der Waals surface area contributed by atoms with Crippen LogP contribution >= 0.6 is 0 Å². The van der Waals surface area contributed by atoms with Crippen molar-refractivity contribution in [3.05, 3.63) is 35.9 Å². The topological polar surface area (TPSA) is 129 Å². The molecule has 0 unspecified atom stereocenters. The number of methoxy groups -OCH3 is 1. The van der Waals surface area contributed by atoms with Gasteiger partial charge in [-0.1, -0.05) is 45.4 Å². The predicted octanol–water partition coefficient (Wildman–Crippen LogP) is 3.24. The first-order valence-corrected chi connectivity index (χ1v) is 11.8. The summed E-state index contributed by atoms with van der Waals surface area (Å²) in [6, 6.07) is 5.40. The first-order valence-electron chi connectivity index (χ1n) is 11.8. The number of nitrogens with one attached hydrogen (secondary N) is 2. The lowest BCUT2D eigenvalue weighted by Crippen LogP contribution is -2.33. The predicted molar refractivity (Wildman–Crippen MR) is 134 cm³/mol. The molecule has 0 bridgehead atoms. The van der Waals surface area contributed by atoms with E-state index >= 15 is 0 Å². The highest BCUT2D eigenvalue weighted by Crippen LogP contribution is 2.27. The summed E-state index contributed by atoms with van der Waals surface area (Å²) in [5.74, 6) is 1.35. The van der Waals surface area contributed by atoms with Gasteiger partial charge in [0.15, 0.2) is 18.2 Å². The van der Waals surface area contributed by atoms with Crippen molar-refractivity contribution in [2.45, 2.75) is 65.8 Å². The lowest BCUT2D eigenvalue weighted by Gasteiger charge is -2.13. The number of rotatable bonds is 15. The van der Waals surface area contributed by atoms with E-state index < -0.39 is 0 Å². The Labute approximate surface area is 199 Å². The molecule has 0 radical (unpaired) electrons.